The molecule has 3 rings (SSSR count). The minimum absolute atomic E-state index is 0.103. The van der Waals surface area contributed by atoms with E-state index in [2.05, 4.69) is 51.7 Å². The molecule has 128 valence electrons. The second kappa shape index (κ2) is 6.44. The van der Waals surface area contributed by atoms with Gasteiger partial charge >= 0.3 is 0 Å². The van der Waals surface area contributed by atoms with E-state index in [-0.39, 0.29) is 17.5 Å². The summed E-state index contributed by atoms with van der Waals surface area (Å²) in [4.78, 5) is 17.9. The number of amides is 1. The third kappa shape index (κ3) is 3.54. The summed E-state index contributed by atoms with van der Waals surface area (Å²) in [6.07, 6.45) is 5.33. The number of nitrogens with one attached hydrogen (secondary N) is 2. The number of aromatic amines is 1. The average molecular weight is 325 g/mol. The fraction of sp³-hybridized carbons (Fsp3) is 0.450. The zero-order valence-electron chi connectivity index (χ0n) is 15.0. The van der Waals surface area contributed by atoms with E-state index in [0.29, 0.717) is 0 Å². The molecule has 24 heavy (non-hydrogen) atoms. The van der Waals surface area contributed by atoms with Crippen molar-refractivity contribution in [3.05, 3.63) is 42.1 Å². The summed E-state index contributed by atoms with van der Waals surface area (Å²) in [5, 5.41) is 4.35. The van der Waals surface area contributed by atoms with Crippen molar-refractivity contribution in [1.82, 2.24) is 15.2 Å². The van der Waals surface area contributed by atoms with Crippen LogP contribution in [0.5, 0.6) is 0 Å². The lowest BCUT2D eigenvalue weighted by atomic mass is 9.98. The van der Waals surface area contributed by atoms with Crippen LogP contribution in [0.1, 0.15) is 39.7 Å². The lowest BCUT2D eigenvalue weighted by molar-refractivity contribution is -0.127. The van der Waals surface area contributed by atoms with Crippen molar-refractivity contribution in [2.24, 2.45) is 0 Å². The SMILES string of the molecule is C[C@@H](C(=O)NC(C)(C)C)N1CC=C(c2c[nH]c3ccccc23)CC1. The average Bonchev–Trinajstić information content (AvgIpc) is 2.97. The maximum Gasteiger partial charge on any atom is 0.237 e. The van der Waals surface area contributed by atoms with Crippen LogP contribution in [0.25, 0.3) is 16.5 Å². The maximum absolute atomic E-state index is 12.4. The predicted octanol–water partition coefficient (Wildman–Crippen LogP) is 3.56. The lowest BCUT2D eigenvalue weighted by Crippen LogP contribution is -2.51. The summed E-state index contributed by atoms with van der Waals surface area (Å²) in [5.74, 6) is 0.103. The molecule has 2 N–H and O–H groups in total. The first-order chi connectivity index (χ1) is 11.3. The largest absolute Gasteiger partial charge is 0.361 e. The minimum Gasteiger partial charge on any atom is -0.361 e. The number of H-pyrrole nitrogens is 1. The highest BCUT2D eigenvalue weighted by molar-refractivity contribution is 5.92. The Morgan fingerprint density at radius 2 is 2.04 bits per heavy atom. The van der Waals surface area contributed by atoms with Crippen LogP contribution in [0.3, 0.4) is 0 Å². The molecule has 0 saturated carbocycles. The van der Waals surface area contributed by atoms with Crippen LogP contribution in [0.2, 0.25) is 0 Å². The Hall–Kier alpha value is -2.07. The van der Waals surface area contributed by atoms with Crippen molar-refractivity contribution in [3.8, 4) is 0 Å². The van der Waals surface area contributed by atoms with E-state index in [1.807, 2.05) is 27.7 Å². The summed E-state index contributed by atoms with van der Waals surface area (Å²) >= 11 is 0. The molecule has 1 atom stereocenters. The Morgan fingerprint density at radius 3 is 2.71 bits per heavy atom. The van der Waals surface area contributed by atoms with Gasteiger partial charge < -0.3 is 10.3 Å². The number of fused-ring (bicyclic) bond motifs is 1. The minimum atomic E-state index is -0.188. The number of para-hydroxylation sites is 1. The zero-order valence-corrected chi connectivity index (χ0v) is 15.0. The second-order valence-corrected chi connectivity index (χ2v) is 7.64. The highest BCUT2D eigenvalue weighted by Crippen LogP contribution is 2.29. The van der Waals surface area contributed by atoms with Crippen molar-refractivity contribution in [2.75, 3.05) is 13.1 Å². The van der Waals surface area contributed by atoms with Crippen molar-refractivity contribution in [1.29, 1.82) is 0 Å². The molecule has 0 spiro atoms. The molecule has 1 amide bonds. The molecule has 1 aromatic heterocycles. The van der Waals surface area contributed by atoms with E-state index in [1.165, 1.54) is 22.0 Å². The third-order valence-corrected chi connectivity index (χ3v) is 4.60. The quantitative estimate of drug-likeness (QED) is 0.906. The van der Waals surface area contributed by atoms with E-state index in [4.69, 9.17) is 0 Å². The van der Waals surface area contributed by atoms with Crippen LogP contribution in [0.15, 0.2) is 36.5 Å². The normalized spacial score (nSPS) is 17.6. The van der Waals surface area contributed by atoms with Gasteiger partial charge in [-0.25, -0.2) is 0 Å². The van der Waals surface area contributed by atoms with Crippen LogP contribution in [0, 0.1) is 0 Å². The number of nitrogens with zero attached hydrogens (tertiary/aromatic N) is 1. The van der Waals surface area contributed by atoms with Gasteiger partial charge in [0.1, 0.15) is 0 Å². The van der Waals surface area contributed by atoms with Gasteiger partial charge in [-0.15, -0.1) is 0 Å². The second-order valence-electron chi connectivity index (χ2n) is 7.64. The maximum atomic E-state index is 12.4. The Labute approximate surface area is 143 Å². The van der Waals surface area contributed by atoms with E-state index in [0.717, 1.165) is 19.5 Å². The molecule has 0 radical (unpaired) electrons. The first-order valence-corrected chi connectivity index (χ1v) is 8.67. The van der Waals surface area contributed by atoms with Crippen molar-refractivity contribution < 1.29 is 4.79 Å². The summed E-state index contributed by atoms with van der Waals surface area (Å²) in [6.45, 7) is 9.76. The molecule has 1 aliphatic rings. The number of carbonyl (C=O) groups excluding carboxylic acids is 1. The first kappa shape index (κ1) is 16.8. The molecule has 0 bridgehead atoms. The van der Waals surface area contributed by atoms with Gasteiger partial charge in [-0.05, 0) is 45.8 Å². The van der Waals surface area contributed by atoms with E-state index in [9.17, 15) is 4.79 Å². The summed E-state index contributed by atoms with van der Waals surface area (Å²) in [6, 6.07) is 8.29. The van der Waals surface area contributed by atoms with Gasteiger partial charge in [-0.3, -0.25) is 9.69 Å². The summed E-state index contributed by atoms with van der Waals surface area (Å²) < 4.78 is 0. The van der Waals surface area contributed by atoms with Gasteiger partial charge in [0, 0.05) is 41.3 Å². The summed E-state index contributed by atoms with van der Waals surface area (Å²) in [5.41, 5.74) is 3.64. The number of rotatable bonds is 3. The number of hydrogen-bond donors (Lipinski definition) is 2. The van der Waals surface area contributed by atoms with Crippen LogP contribution < -0.4 is 5.32 Å². The molecule has 1 aliphatic heterocycles. The highest BCUT2D eigenvalue weighted by Gasteiger charge is 2.26. The number of carbonyl (C=O) groups is 1. The highest BCUT2D eigenvalue weighted by atomic mass is 16.2. The van der Waals surface area contributed by atoms with Crippen LogP contribution in [-0.2, 0) is 4.79 Å². The number of benzene rings is 1. The number of hydrogen-bond acceptors (Lipinski definition) is 2. The molecule has 4 nitrogen and oxygen atoms in total. The van der Waals surface area contributed by atoms with E-state index < -0.39 is 0 Å². The van der Waals surface area contributed by atoms with Gasteiger partial charge in [-0.1, -0.05) is 24.3 Å². The van der Waals surface area contributed by atoms with Gasteiger partial charge in [0.2, 0.25) is 5.91 Å². The molecule has 4 heteroatoms. The Morgan fingerprint density at radius 1 is 1.29 bits per heavy atom. The van der Waals surface area contributed by atoms with Crippen LogP contribution >= 0.6 is 0 Å². The first-order valence-electron chi connectivity index (χ1n) is 8.67. The molecular formula is C20H27N3O. The van der Waals surface area contributed by atoms with Crippen molar-refractivity contribution in [3.63, 3.8) is 0 Å². The monoisotopic (exact) mass is 325 g/mol. The van der Waals surface area contributed by atoms with Crippen molar-refractivity contribution in [2.45, 2.75) is 45.7 Å². The van der Waals surface area contributed by atoms with Crippen molar-refractivity contribution >= 4 is 22.4 Å². The predicted molar refractivity (Wildman–Crippen MR) is 99.8 cm³/mol. The van der Waals surface area contributed by atoms with E-state index >= 15 is 0 Å². The van der Waals surface area contributed by atoms with Crippen LogP contribution in [-0.4, -0.2) is 40.5 Å². The summed E-state index contributed by atoms with van der Waals surface area (Å²) in [7, 11) is 0. The molecule has 1 aromatic carbocycles. The number of aromatic nitrogens is 1. The van der Waals surface area contributed by atoms with Gasteiger partial charge in [0.25, 0.3) is 0 Å². The topological polar surface area (TPSA) is 48.1 Å². The fourth-order valence-corrected chi connectivity index (χ4v) is 3.26. The molecular weight excluding hydrogens is 298 g/mol. The lowest BCUT2D eigenvalue weighted by Gasteiger charge is -2.33. The Balaban J connectivity index is 1.71. The molecule has 0 saturated heterocycles. The van der Waals surface area contributed by atoms with Gasteiger partial charge in [0.05, 0.1) is 6.04 Å². The molecule has 0 fully saturated rings. The molecule has 2 heterocycles. The Bertz CT molecular complexity index is 767. The third-order valence-electron chi connectivity index (χ3n) is 4.60. The molecule has 0 unspecified atom stereocenters. The van der Waals surface area contributed by atoms with Crippen LogP contribution in [0.4, 0.5) is 0 Å². The van der Waals surface area contributed by atoms with E-state index in [1.54, 1.807) is 0 Å². The van der Waals surface area contributed by atoms with Gasteiger partial charge in [-0.2, -0.15) is 0 Å². The standard InChI is InChI=1S/C20H27N3O/c1-14(19(24)22-20(2,3)4)23-11-9-15(10-12-23)17-13-21-18-8-6-5-7-16(17)18/h5-9,13-14,21H,10-12H2,1-4H3,(H,22,24)/t14-/m0/s1. The Kier molecular flexibility index (Phi) is 4.50. The van der Waals surface area contributed by atoms with Gasteiger partial charge in [0.15, 0.2) is 0 Å². The smallest absolute Gasteiger partial charge is 0.237 e. The zero-order chi connectivity index (χ0) is 17.3. The molecule has 0 aliphatic carbocycles. The molecule has 2 aromatic rings. The fourth-order valence-electron chi connectivity index (χ4n) is 3.26.